The molecule has 0 saturated heterocycles. The summed E-state index contributed by atoms with van der Waals surface area (Å²) in [4.78, 5) is 4.15. The van der Waals surface area contributed by atoms with E-state index in [1.165, 1.54) is 0 Å². The van der Waals surface area contributed by atoms with E-state index in [1.54, 1.807) is 6.20 Å². The van der Waals surface area contributed by atoms with Gasteiger partial charge in [-0.2, -0.15) is 0 Å². The molecule has 0 radical (unpaired) electrons. The Morgan fingerprint density at radius 1 is 1.67 bits per heavy atom. The van der Waals surface area contributed by atoms with Crippen LogP contribution >= 0.6 is 15.9 Å². The summed E-state index contributed by atoms with van der Waals surface area (Å²) < 4.78 is 0.853. The van der Waals surface area contributed by atoms with E-state index in [9.17, 15) is 5.11 Å². The lowest BCUT2D eigenvalue weighted by Gasteiger charge is -2.13. The number of aliphatic hydroxyl groups is 1. The SMILES string of the molecule is CCC(O)CNc1ncc(N)c(C)c1Br. The molecule has 0 amide bonds. The molecule has 1 unspecified atom stereocenters. The monoisotopic (exact) mass is 273 g/mol. The molecule has 1 atom stereocenters. The van der Waals surface area contributed by atoms with Gasteiger partial charge in [0.25, 0.3) is 0 Å². The Morgan fingerprint density at radius 3 is 2.93 bits per heavy atom. The molecule has 0 saturated carbocycles. The first kappa shape index (κ1) is 12.3. The Hall–Kier alpha value is -0.810. The Balaban J connectivity index is 2.74. The van der Waals surface area contributed by atoms with E-state index in [1.807, 2.05) is 13.8 Å². The average Bonchev–Trinajstić information content (AvgIpc) is 2.24. The van der Waals surface area contributed by atoms with Crippen LogP contribution in [0.5, 0.6) is 0 Å². The summed E-state index contributed by atoms with van der Waals surface area (Å²) in [5, 5.41) is 12.5. The van der Waals surface area contributed by atoms with Crippen LogP contribution in [0.15, 0.2) is 10.7 Å². The first-order valence-corrected chi connectivity index (χ1v) is 5.68. The fourth-order valence-corrected chi connectivity index (χ4v) is 1.55. The van der Waals surface area contributed by atoms with Gasteiger partial charge in [-0.05, 0) is 34.8 Å². The summed E-state index contributed by atoms with van der Waals surface area (Å²) >= 11 is 3.42. The summed E-state index contributed by atoms with van der Waals surface area (Å²) in [5.41, 5.74) is 7.31. The maximum absolute atomic E-state index is 9.40. The number of nitrogens with two attached hydrogens (primary N) is 1. The number of rotatable bonds is 4. The molecule has 5 heteroatoms. The molecule has 84 valence electrons. The van der Waals surface area contributed by atoms with Crippen LogP contribution in [0.4, 0.5) is 11.5 Å². The van der Waals surface area contributed by atoms with Crippen molar-refractivity contribution < 1.29 is 5.11 Å². The molecule has 4 N–H and O–H groups in total. The minimum Gasteiger partial charge on any atom is -0.397 e. The van der Waals surface area contributed by atoms with E-state index in [4.69, 9.17) is 5.73 Å². The number of anilines is 2. The van der Waals surface area contributed by atoms with E-state index < -0.39 is 0 Å². The summed E-state index contributed by atoms with van der Waals surface area (Å²) in [6.07, 6.45) is 1.98. The Kier molecular flexibility index (Phi) is 4.35. The Bertz CT molecular complexity index is 344. The summed E-state index contributed by atoms with van der Waals surface area (Å²) in [6, 6.07) is 0. The predicted molar refractivity (Wildman–Crippen MR) is 65.9 cm³/mol. The molecule has 0 aromatic carbocycles. The lowest BCUT2D eigenvalue weighted by Crippen LogP contribution is -2.19. The fraction of sp³-hybridized carbons (Fsp3) is 0.500. The van der Waals surface area contributed by atoms with E-state index in [0.717, 1.165) is 16.5 Å². The maximum Gasteiger partial charge on any atom is 0.140 e. The molecule has 0 spiro atoms. The third-order valence-electron chi connectivity index (χ3n) is 2.28. The molecule has 0 aliphatic rings. The second-order valence-corrected chi connectivity index (χ2v) is 4.24. The highest BCUT2D eigenvalue weighted by molar-refractivity contribution is 9.10. The fourth-order valence-electron chi connectivity index (χ4n) is 1.07. The molecule has 0 bridgehead atoms. The molecule has 0 fully saturated rings. The lowest BCUT2D eigenvalue weighted by molar-refractivity contribution is 0.183. The molecule has 1 aromatic rings. The summed E-state index contributed by atoms with van der Waals surface area (Å²) in [7, 11) is 0. The highest BCUT2D eigenvalue weighted by Gasteiger charge is 2.08. The average molecular weight is 274 g/mol. The van der Waals surface area contributed by atoms with Crippen LogP contribution in [-0.2, 0) is 0 Å². The molecule has 0 aliphatic carbocycles. The minimum absolute atomic E-state index is 0.350. The van der Waals surface area contributed by atoms with Gasteiger partial charge in [0.15, 0.2) is 0 Å². The summed E-state index contributed by atoms with van der Waals surface area (Å²) in [6.45, 7) is 4.34. The van der Waals surface area contributed by atoms with Crippen LogP contribution < -0.4 is 11.1 Å². The largest absolute Gasteiger partial charge is 0.397 e. The number of aliphatic hydroxyl groups excluding tert-OH is 1. The maximum atomic E-state index is 9.40. The van der Waals surface area contributed by atoms with Gasteiger partial charge in [0, 0.05) is 6.54 Å². The van der Waals surface area contributed by atoms with Crippen molar-refractivity contribution in [1.29, 1.82) is 0 Å². The normalized spacial score (nSPS) is 12.5. The van der Waals surface area contributed by atoms with E-state index >= 15 is 0 Å². The van der Waals surface area contributed by atoms with E-state index in [2.05, 4.69) is 26.2 Å². The second-order valence-electron chi connectivity index (χ2n) is 3.44. The minimum atomic E-state index is -0.350. The number of nitrogens with zero attached hydrogens (tertiary/aromatic N) is 1. The van der Waals surface area contributed by atoms with Gasteiger partial charge in [0.1, 0.15) is 5.82 Å². The number of halogens is 1. The van der Waals surface area contributed by atoms with Gasteiger partial charge in [-0.25, -0.2) is 4.98 Å². The van der Waals surface area contributed by atoms with Crippen molar-refractivity contribution in [2.75, 3.05) is 17.6 Å². The van der Waals surface area contributed by atoms with Crippen LogP contribution in [-0.4, -0.2) is 22.7 Å². The number of pyridine rings is 1. The van der Waals surface area contributed by atoms with Gasteiger partial charge >= 0.3 is 0 Å². The quantitative estimate of drug-likeness (QED) is 0.784. The van der Waals surface area contributed by atoms with Gasteiger partial charge in [-0.3, -0.25) is 0 Å². The third kappa shape index (κ3) is 3.07. The highest BCUT2D eigenvalue weighted by Crippen LogP contribution is 2.27. The van der Waals surface area contributed by atoms with Crippen molar-refractivity contribution in [3.05, 3.63) is 16.2 Å². The lowest BCUT2D eigenvalue weighted by atomic mass is 10.2. The molecule has 1 rings (SSSR count). The Labute approximate surface area is 98.0 Å². The third-order valence-corrected chi connectivity index (χ3v) is 3.25. The van der Waals surface area contributed by atoms with Crippen LogP contribution in [0, 0.1) is 6.92 Å². The predicted octanol–water partition coefficient (Wildman–Crippen LogP) is 1.92. The highest BCUT2D eigenvalue weighted by atomic mass is 79.9. The second kappa shape index (κ2) is 5.32. The zero-order chi connectivity index (χ0) is 11.4. The van der Waals surface area contributed by atoms with Gasteiger partial charge < -0.3 is 16.2 Å². The van der Waals surface area contributed by atoms with Crippen LogP contribution in [0.3, 0.4) is 0 Å². The van der Waals surface area contributed by atoms with Crippen LogP contribution in [0.1, 0.15) is 18.9 Å². The van der Waals surface area contributed by atoms with Crippen molar-refractivity contribution in [1.82, 2.24) is 4.98 Å². The van der Waals surface area contributed by atoms with Gasteiger partial charge in [0.2, 0.25) is 0 Å². The van der Waals surface area contributed by atoms with Gasteiger partial charge in [-0.15, -0.1) is 0 Å². The van der Waals surface area contributed by atoms with Crippen molar-refractivity contribution in [3.8, 4) is 0 Å². The molecular formula is C10H16BrN3O. The number of nitrogens with one attached hydrogen (secondary N) is 1. The molecule has 4 nitrogen and oxygen atoms in total. The first-order chi connectivity index (χ1) is 7.06. The molecule has 15 heavy (non-hydrogen) atoms. The van der Waals surface area contributed by atoms with Gasteiger partial charge in [0.05, 0.1) is 22.5 Å². The van der Waals surface area contributed by atoms with Crippen molar-refractivity contribution in [2.24, 2.45) is 0 Å². The summed E-state index contributed by atoms with van der Waals surface area (Å²) in [5.74, 6) is 0.717. The molecule has 1 heterocycles. The van der Waals surface area contributed by atoms with Crippen LogP contribution in [0.25, 0.3) is 0 Å². The molecular weight excluding hydrogens is 258 g/mol. The van der Waals surface area contributed by atoms with Crippen molar-refractivity contribution in [3.63, 3.8) is 0 Å². The van der Waals surface area contributed by atoms with Crippen molar-refractivity contribution >= 4 is 27.4 Å². The zero-order valence-electron chi connectivity index (χ0n) is 8.92. The van der Waals surface area contributed by atoms with E-state index in [-0.39, 0.29) is 6.10 Å². The topological polar surface area (TPSA) is 71.2 Å². The van der Waals surface area contributed by atoms with Crippen LogP contribution in [0.2, 0.25) is 0 Å². The van der Waals surface area contributed by atoms with Crippen molar-refractivity contribution in [2.45, 2.75) is 26.4 Å². The number of hydrogen-bond donors (Lipinski definition) is 3. The smallest absolute Gasteiger partial charge is 0.140 e. The number of hydrogen-bond acceptors (Lipinski definition) is 4. The molecule has 0 aliphatic heterocycles. The number of nitrogen functional groups attached to an aromatic ring is 1. The van der Waals surface area contributed by atoms with E-state index in [0.29, 0.717) is 18.1 Å². The molecule has 1 aromatic heterocycles. The number of aromatic nitrogens is 1. The van der Waals surface area contributed by atoms with Gasteiger partial charge in [-0.1, -0.05) is 6.92 Å². The zero-order valence-corrected chi connectivity index (χ0v) is 10.5. The first-order valence-electron chi connectivity index (χ1n) is 4.88. The Morgan fingerprint density at radius 2 is 2.33 bits per heavy atom. The standard InChI is InChI=1S/C10H16BrN3O/c1-3-7(15)4-13-10-9(11)6(2)8(12)5-14-10/h5,7,15H,3-4,12H2,1-2H3,(H,13,14).